The lowest BCUT2D eigenvalue weighted by atomic mass is 10.2. The first-order valence-corrected chi connectivity index (χ1v) is 12.3. The molecule has 1 fully saturated rings. The van der Waals surface area contributed by atoms with Gasteiger partial charge in [-0.2, -0.15) is 4.31 Å². The largest absolute Gasteiger partial charge is 0.391 e. The Balaban J connectivity index is 1.76. The Hall–Kier alpha value is -2.17. The second-order valence-electron chi connectivity index (χ2n) is 7.48. The third kappa shape index (κ3) is 6.20. The van der Waals surface area contributed by atoms with Gasteiger partial charge in [0.25, 0.3) is 0 Å². The third-order valence-corrected chi connectivity index (χ3v) is 7.40. The summed E-state index contributed by atoms with van der Waals surface area (Å²) in [6, 6.07) is 13.6. The molecule has 8 nitrogen and oxygen atoms in total. The Morgan fingerprint density at radius 3 is 2.56 bits per heavy atom. The number of anilines is 2. The molecule has 2 N–H and O–H groups in total. The lowest BCUT2D eigenvalue weighted by Crippen LogP contribution is -2.40. The van der Waals surface area contributed by atoms with E-state index in [2.05, 4.69) is 5.32 Å². The molecule has 1 heterocycles. The molecule has 1 atom stereocenters. The van der Waals surface area contributed by atoms with E-state index in [1.165, 1.54) is 22.5 Å². The number of benzene rings is 2. The molecular formula is C22H28ClN3O5S. The summed E-state index contributed by atoms with van der Waals surface area (Å²) in [5.41, 5.74) is 1.01. The average Bonchev–Trinajstić information content (AvgIpc) is 2.81. The molecule has 0 radical (unpaired) electrons. The fourth-order valence-corrected chi connectivity index (χ4v) is 4.94. The molecule has 10 heteroatoms. The predicted octanol–water partition coefficient (Wildman–Crippen LogP) is 2.58. The van der Waals surface area contributed by atoms with Gasteiger partial charge in [0.1, 0.15) is 0 Å². The van der Waals surface area contributed by atoms with Crippen molar-refractivity contribution in [2.45, 2.75) is 24.3 Å². The first-order valence-electron chi connectivity index (χ1n) is 10.5. The van der Waals surface area contributed by atoms with Crippen LogP contribution in [0.2, 0.25) is 5.02 Å². The maximum Gasteiger partial charge on any atom is 0.243 e. The van der Waals surface area contributed by atoms with Crippen molar-refractivity contribution in [1.82, 2.24) is 4.31 Å². The zero-order valence-corrected chi connectivity index (χ0v) is 19.5. The highest BCUT2D eigenvalue weighted by Crippen LogP contribution is 2.27. The van der Waals surface area contributed by atoms with Gasteiger partial charge in [0, 0.05) is 25.3 Å². The molecular weight excluding hydrogens is 454 g/mol. The van der Waals surface area contributed by atoms with Gasteiger partial charge in [-0.15, -0.1) is 0 Å². The number of morpholine rings is 1. The normalized spacial score (nSPS) is 15.8. The van der Waals surface area contributed by atoms with Crippen LogP contribution in [-0.4, -0.2) is 69.2 Å². The standard InChI is InChI=1S/C22H28ClN3O5S/c1-2-18(27)15-25(17-6-4-3-5-7-17)16-22(28)24-21-14-19(8-9-20(21)23)32(29,30)26-10-12-31-13-11-26/h3-9,14,18,27H,2,10-13,15-16H2,1H3,(H,24,28). The van der Waals surface area contributed by atoms with E-state index in [1.807, 2.05) is 37.3 Å². The molecule has 0 spiro atoms. The first kappa shape index (κ1) is 24.5. The van der Waals surface area contributed by atoms with Crippen LogP contribution in [0.25, 0.3) is 0 Å². The smallest absolute Gasteiger partial charge is 0.243 e. The third-order valence-electron chi connectivity index (χ3n) is 5.18. The molecule has 1 aliphatic rings. The van der Waals surface area contributed by atoms with Gasteiger partial charge in [0.2, 0.25) is 15.9 Å². The minimum atomic E-state index is -3.72. The number of halogens is 1. The Kier molecular flexibility index (Phi) is 8.50. The van der Waals surface area contributed by atoms with E-state index >= 15 is 0 Å². The van der Waals surface area contributed by atoms with Gasteiger partial charge in [-0.3, -0.25) is 4.79 Å². The minimum Gasteiger partial charge on any atom is -0.391 e. The second-order valence-corrected chi connectivity index (χ2v) is 9.83. The molecule has 3 rings (SSSR count). The monoisotopic (exact) mass is 481 g/mol. The minimum absolute atomic E-state index is 0.0299. The van der Waals surface area contributed by atoms with Crippen molar-refractivity contribution < 1.29 is 23.1 Å². The molecule has 174 valence electrons. The molecule has 0 saturated carbocycles. The number of nitrogens with zero attached hydrogens (tertiary/aromatic N) is 2. The van der Waals surface area contributed by atoms with E-state index in [4.69, 9.17) is 16.3 Å². The van der Waals surface area contributed by atoms with Gasteiger partial charge in [0.05, 0.1) is 41.5 Å². The van der Waals surface area contributed by atoms with E-state index in [-0.39, 0.29) is 47.7 Å². The summed E-state index contributed by atoms with van der Waals surface area (Å²) in [5, 5.41) is 13.1. The molecule has 1 amide bonds. The fraction of sp³-hybridized carbons (Fsp3) is 0.409. The average molecular weight is 482 g/mol. The van der Waals surface area contributed by atoms with Gasteiger partial charge in [0.15, 0.2) is 0 Å². The van der Waals surface area contributed by atoms with Crippen LogP contribution in [0.3, 0.4) is 0 Å². The highest BCUT2D eigenvalue weighted by atomic mass is 35.5. The van der Waals surface area contributed by atoms with E-state index in [0.717, 1.165) is 5.69 Å². The van der Waals surface area contributed by atoms with Crippen molar-refractivity contribution in [1.29, 1.82) is 0 Å². The molecule has 2 aromatic rings. The topological polar surface area (TPSA) is 99.2 Å². The number of amides is 1. The Morgan fingerprint density at radius 1 is 1.22 bits per heavy atom. The Morgan fingerprint density at radius 2 is 1.91 bits per heavy atom. The summed E-state index contributed by atoms with van der Waals surface area (Å²) in [7, 11) is -3.72. The summed E-state index contributed by atoms with van der Waals surface area (Å²) in [6.45, 7) is 3.36. The molecule has 0 bridgehead atoms. The number of rotatable bonds is 9. The van der Waals surface area contributed by atoms with Crippen molar-refractivity contribution in [3.8, 4) is 0 Å². The van der Waals surface area contributed by atoms with Gasteiger partial charge >= 0.3 is 0 Å². The summed E-state index contributed by atoms with van der Waals surface area (Å²) in [6.07, 6.45) is -0.0355. The summed E-state index contributed by atoms with van der Waals surface area (Å²) in [5.74, 6) is -0.375. The van der Waals surface area contributed by atoms with Crippen LogP contribution < -0.4 is 10.2 Å². The quantitative estimate of drug-likeness (QED) is 0.571. The highest BCUT2D eigenvalue weighted by Gasteiger charge is 2.27. The van der Waals surface area contributed by atoms with Gasteiger partial charge in [-0.1, -0.05) is 36.7 Å². The highest BCUT2D eigenvalue weighted by molar-refractivity contribution is 7.89. The van der Waals surface area contributed by atoms with Crippen molar-refractivity contribution in [2.24, 2.45) is 0 Å². The maximum atomic E-state index is 12.9. The summed E-state index contributed by atoms with van der Waals surface area (Å²) < 4.78 is 32.4. The number of ether oxygens (including phenoxy) is 1. The number of sulfonamides is 1. The lowest BCUT2D eigenvalue weighted by Gasteiger charge is -2.27. The molecule has 32 heavy (non-hydrogen) atoms. The lowest BCUT2D eigenvalue weighted by molar-refractivity contribution is -0.115. The molecule has 0 aliphatic carbocycles. The zero-order valence-electron chi connectivity index (χ0n) is 17.9. The number of aliphatic hydroxyl groups excluding tert-OH is 1. The number of carbonyl (C=O) groups excluding carboxylic acids is 1. The van der Waals surface area contributed by atoms with Crippen LogP contribution >= 0.6 is 11.6 Å². The Labute approximate surface area is 193 Å². The Bertz CT molecular complexity index is 1010. The van der Waals surface area contributed by atoms with E-state index in [1.54, 1.807) is 4.90 Å². The number of hydrogen-bond donors (Lipinski definition) is 2. The number of aliphatic hydroxyl groups is 1. The first-order chi connectivity index (χ1) is 15.3. The number of nitrogens with one attached hydrogen (secondary N) is 1. The predicted molar refractivity (Wildman–Crippen MR) is 125 cm³/mol. The van der Waals surface area contributed by atoms with E-state index in [9.17, 15) is 18.3 Å². The van der Waals surface area contributed by atoms with Gasteiger partial charge in [-0.05, 0) is 36.8 Å². The number of para-hydroxylation sites is 1. The zero-order chi connectivity index (χ0) is 23.1. The molecule has 1 saturated heterocycles. The summed E-state index contributed by atoms with van der Waals surface area (Å²) >= 11 is 6.24. The van der Waals surface area contributed by atoms with Crippen LogP contribution in [0.1, 0.15) is 13.3 Å². The van der Waals surface area contributed by atoms with Crippen LogP contribution in [0.15, 0.2) is 53.4 Å². The number of carbonyl (C=O) groups is 1. The van der Waals surface area contributed by atoms with Crippen LogP contribution in [-0.2, 0) is 19.6 Å². The van der Waals surface area contributed by atoms with Crippen molar-refractivity contribution >= 4 is 38.9 Å². The van der Waals surface area contributed by atoms with Crippen molar-refractivity contribution in [2.75, 3.05) is 49.6 Å². The number of hydrogen-bond acceptors (Lipinski definition) is 6. The SMILES string of the molecule is CCC(O)CN(CC(=O)Nc1cc(S(=O)(=O)N2CCOCC2)ccc1Cl)c1ccccc1. The summed E-state index contributed by atoms with van der Waals surface area (Å²) in [4.78, 5) is 14.6. The van der Waals surface area contributed by atoms with Crippen molar-refractivity contribution in [3.63, 3.8) is 0 Å². The molecule has 1 unspecified atom stereocenters. The van der Waals surface area contributed by atoms with Gasteiger partial charge < -0.3 is 20.1 Å². The second kappa shape index (κ2) is 11.1. The van der Waals surface area contributed by atoms with E-state index in [0.29, 0.717) is 19.6 Å². The van der Waals surface area contributed by atoms with Crippen LogP contribution in [0.4, 0.5) is 11.4 Å². The van der Waals surface area contributed by atoms with Gasteiger partial charge in [-0.25, -0.2) is 8.42 Å². The van der Waals surface area contributed by atoms with E-state index < -0.39 is 16.1 Å². The molecule has 1 aliphatic heterocycles. The maximum absolute atomic E-state index is 12.9. The molecule has 2 aromatic carbocycles. The molecule has 0 aromatic heterocycles. The van der Waals surface area contributed by atoms with Crippen LogP contribution in [0, 0.1) is 0 Å². The fourth-order valence-electron chi connectivity index (χ4n) is 3.34. The van der Waals surface area contributed by atoms with Crippen molar-refractivity contribution in [3.05, 3.63) is 53.6 Å². The van der Waals surface area contributed by atoms with Crippen LogP contribution in [0.5, 0.6) is 0 Å².